The number of aliphatic hydroxyl groups excluding tert-OH is 1. The van der Waals surface area contributed by atoms with Gasteiger partial charge in [-0.05, 0) is 47.9 Å². The van der Waals surface area contributed by atoms with Crippen molar-refractivity contribution in [3.63, 3.8) is 0 Å². The van der Waals surface area contributed by atoms with Gasteiger partial charge in [-0.2, -0.15) is 15.1 Å². The normalized spacial score (nSPS) is 21.2. The SMILES string of the molecule is CC1(C)[C@H](CO)C[C@@H]1CNc1nc(N)nc(Cl)c1N=Nc1ccc(Cl)cc1. The highest BCUT2D eigenvalue weighted by atomic mass is 35.5. The van der Waals surface area contributed by atoms with Gasteiger partial charge in [-0.1, -0.05) is 37.0 Å². The van der Waals surface area contributed by atoms with Crippen LogP contribution in [0, 0.1) is 17.3 Å². The molecule has 2 atom stereocenters. The summed E-state index contributed by atoms with van der Waals surface area (Å²) >= 11 is 12.1. The van der Waals surface area contributed by atoms with Crippen LogP contribution in [0.4, 0.5) is 23.1 Å². The Morgan fingerprint density at radius 3 is 2.52 bits per heavy atom. The van der Waals surface area contributed by atoms with Crippen LogP contribution in [0.15, 0.2) is 34.5 Å². The van der Waals surface area contributed by atoms with E-state index in [0.717, 1.165) is 6.42 Å². The van der Waals surface area contributed by atoms with Gasteiger partial charge in [0.2, 0.25) is 5.95 Å². The smallest absolute Gasteiger partial charge is 0.223 e. The molecule has 1 aliphatic carbocycles. The second-order valence-electron chi connectivity index (χ2n) is 7.26. The molecule has 1 fully saturated rings. The van der Waals surface area contributed by atoms with Crippen molar-refractivity contribution in [3.8, 4) is 0 Å². The third kappa shape index (κ3) is 4.31. The van der Waals surface area contributed by atoms with Crippen molar-refractivity contribution in [1.82, 2.24) is 9.97 Å². The van der Waals surface area contributed by atoms with Crippen LogP contribution in [0.1, 0.15) is 20.3 Å². The van der Waals surface area contributed by atoms with E-state index in [0.29, 0.717) is 40.6 Å². The molecule has 2 aromatic rings. The fourth-order valence-corrected chi connectivity index (χ4v) is 3.61. The van der Waals surface area contributed by atoms with E-state index in [2.05, 4.69) is 39.4 Å². The molecular weight excluding hydrogens is 387 g/mol. The number of aromatic nitrogens is 2. The lowest BCUT2D eigenvalue weighted by Gasteiger charge is -2.51. The number of anilines is 2. The van der Waals surface area contributed by atoms with Crippen LogP contribution < -0.4 is 11.1 Å². The van der Waals surface area contributed by atoms with Gasteiger partial charge in [-0.3, -0.25) is 0 Å². The molecule has 0 aliphatic heterocycles. The zero-order valence-electron chi connectivity index (χ0n) is 15.2. The van der Waals surface area contributed by atoms with Crippen molar-refractivity contribution in [1.29, 1.82) is 0 Å². The summed E-state index contributed by atoms with van der Waals surface area (Å²) in [5.41, 5.74) is 6.75. The lowest BCUT2D eigenvalue weighted by molar-refractivity contribution is -0.0442. The Kier molecular flexibility index (Phi) is 5.83. The molecule has 1 aromatic heterocycles. The molecule has 4 N–H and O–H groups in total. The number of benzene rings is 1. The Balaban J connectivity index is 1.78. The molecule has 3 rings (SSSR count). The predicted octanol–water partition coefficient (Wildman–Crippen LogP) is 4.85. The van der Waals surface area contributed by atoms with Gasteiger partial charge in [0.15, 0.2) is 16.7 Å². The standard InChI is InChI=1S/C18H22Cl2N6O/c1-18(2)10(7-11(18)9-27)8-22-16-14(15(20)23-17(21)24-16)26-25-13-5-3-12(19)4-6-13/h3-6,10-11,27H,7-9H2,1-2H3,(H3,21,22,23,24)/t10-,11+/m1/s1. The summed E-state index contributed by atoms with van der Waals surface area (Å²) < 4.78 is 0. The van der Waals surface area contributed by atoms with Crippen molar-refractivity contribution in [2.75, 3.05) is 24.2 Å². The number of hydrogen-bond acceptors (Lipinski definition) is 7. The highest BCUT2D eigenvalue weighted by Gasteiger charge is 2.47. The summed E-state index contributed by atoms with van der Waals surface area (Å²) in [7, 11) is 0. The van der Waals surface area contributed by atoms with Gasteiger partial charge in [-0.15, -0.1) is 5.11 Å². The second kappa shape index (κ2) is 7.96. The van der Waals surface area contributed by atoms with Crippen LogP contribution in [0.3, 0.4) is 0 Å². The van der Waals surface area contributed by atoms with Gasteiger partial charge < -0.3 is 16.2 Å². The average Bonchev–Trinajstić information content (AvgIpc) is 2.61. The Morgan fingerprint density at radius 1 is 1.19 bits per heavy atom. The maximum absolute atomic E-state index is 9.43. The Hall–Kier alpha value is -1.96. The Labute approximate surface area is 168 Å². The van der Waals surface area contributed by atoms with Gasteiger partial charge in [0.1, 0.15) is 0 Å². The van der Waals surface area contributed by atoms with E-state index in [1.807, 2.05) is 0 Å². The molecule has 0 unspecified atom stereocenters. The van der Waals surface area contributed by atoms with Crippen LogP contribution in [-0.2, 0) is 0 Å². The van der Waals surface area contributed by atoms with E-state index in [4.69, 9.17) is 28.9 Å². The molecule has 1 aliphatic rings. The number of rotatable bonds is 6. The molecule has 1 saturated carbocycles. The quantitative estimate of drug-likeness (QED) is 0.467. The summed E-state index contributed by atoms with van der Waals surface area (Å²) in [6.07, 6.45) is 0.951. The minimum absolute atomic E-state index is 0.0507. The Morgan fingerprint density at radius 2 is 1.89 bits per heavy atom. The fourth-order valence-electron chi connectivity index (χ4n) is 3.27. The fraction of sp³-hybridized carbons (Fsp3) is 0.444. The molecule has 0 bridgehead atoms. The van der Waals surface area contributed by atoms with Crippen LogP contribution in [0.2, 0.25) is 10.2 Å². The Bertz CT molecular complexity index is 840. The number of azo groups is 1. The van der Waals surface area contributed by atoms with Crippen LogP contribution in [-0.4, -0.2) is 28.2 Å². The van der Waals surface area contributed by atoms with Crippen molar-refractivity contribution in [2.24, 2.45) is 27.5 Å². The minimum atomic E-state index is 0.0507. The minimum Gasteiger partial charge on any atom is -0.396 e. The summed E-state index contributed by atoms with van der Waals surface area (Å²) in [4.78, 5) is 8.18. The first-order valence-corrected chi connectivity index (χ1v) is 9.42. The molecule has 0 radical (unpaired) electrons. The highest BCUT2D eigenvalue weighted by Crippen LogP contribution is 2.51. The third-order valence-electron chi connectivity index (χ3n) is 5.36. The molecule has 0 spiro atoms. The molecule has 1 aromatic carbocycles. The number of halogens is 2. The second-order valence-corrected chi connectivity index (χ2v) is 8.06. The molecule has 0 saturated heterocycles. The van der Waals surface area contributed by atoms with Crippen molar-refractivity contribution in [3.05, 3.63) is 34.4 Å². The van der Waals surface area contributed by atoms with E-state index < -0.39 is 0 Å². The van der Waals surface area contributed by atoms with E-state index in [-0.39, 0.29) is 23.1 Å². The van der Waals surface area contributed by atoms with E-state index in [1.54, 1.807) is 24.3 Å². The average molecular weight is 409 g/mol. The summed E-state index contributed by atoms with van der Waals surface area (Å²) in [5, 5.41) is 21.8. The number of hydrogen-bond donors (Lipinski definition) is 3. The first-order valence-electron chi connectivity index (χ1n) is 8.66. The predicted molar refractivity (Wildman–Crippen MR) is 108 cm³/mol. The first-order chi connectivity index (χ1) is 12.8. The molecule has 0 amide bonds. The maximum Gasteiger partial charge on any atom is 0.223 e. The van der Waals surface area contributed by atoms with Gasteiger partial charge in [0, 0.05) is 18.2 Å². The van der Waals surface area contributed by atoms with Crippen LogP contribution in [0.5, 0.6) is 0 Å². The molecular formula is C18H22Cl2N6O. The summed E-state index contributed by atoms with van der Waals surface area (Å²) in [6, 6.07) is 6.95. The molecule has 27 heavy (non-hydrogen) atoms. The molecule has 9 heteroatoms. The summed E-state index contributed by atoms with van der Waals surface area (Å²) in [5.74, 6) is 1.21. The van der Waals surface area contributed by atoms with Crippen LogP contribution in [0.25, 0.3) is 0 Å². The summed E-state index contributed by atoms with van der Waals surface area (Å²) in [6.45, 7) is 5.19. The first kappa shape index (κ1) is 19.8. The lowest BCUT2D eigenvalue weighted by Crippen LogP contribution is -2.49. The third-order valence-corrected chi connectivity index (χ3v) is 5.88. The van der Waals surface area contributed by atoms with Crippen molar-refractivity contribution < 1.29 is 5.11 Å². The number of nitrogens with zero attached hydrogens (tertiary/aromatic N) is 4. The largest absolute Gasteiger partial charge is 0.396 e. The van der Waals surface area contributed by atoms with E-state index in [1.165, 1.54) is 0 Å². The zero-order chi connectivity index (χ0) is 19.6. The highest BCUT2D eigenvalue weighted by molar-refractivity contribution is 6.32. The van der Waals surface area contributed by atoms with Crippen LogP contribution >= 0.6 is 23.2 Å². The van der Waals surface area contributed by atoms with E-state index >= 15 is 0 Å². The van der Waals surface area contributed by atoms with Crippen molar-refractivity contribution in [2.45, 2.75) is 20.3 Å². The molecule has 1 heterocycles. The van der Waals surface area contributed by atoms with Crippen molar-refractivity contribution >= 4 is 46.3 Å². The van der Waals surface area contributed by atoms with Gasteiger partial charge in [-0.25, -0.2) is 0 Å². The number of nitrogen functional groups attached to an aromatic ring is 1. The topological polar surface area (TPSA) is 109 Å². The van der Waals surface area contributed by atoms with Gasteiger partial charge >= 0.3 is 0 Å². The lowest BCUT2D eigenvalue weighted by atomic mass is 9.55. The number of nitrogens with one attached hydrogen (secondary N) is 1. The van der Waals surface area contributed by atoms with Gasteiger partial charge in [0.05, 0.1) is 5.69 Å². The molecule has 144 valence electrons. The molecule has 7 nitrogen and oxygen atoms in total. The number of nitrogens with two attached hydrogens (primary N) is 1. The maximum atomic E-state index is 9.43. The van der Waals surface area contributed by atoms with E-state index in [9.17, 15) is 5.11 Å². The zero-order valence-corrected chi connectivity index (χ0v) is 16.7. The van der Waals surface area contributed by atoms with Gasteiger partial charge in [0.25, 0.3) is 0 Å². The monoisotopic (exact) mass is 408 g/mol. The number of aliphatic hydroxyl groups is 1.